The topological polar surface area (TPSA) is 54.0 Å². The summed E-state index contributed by atoms with van der Waals surface area (Å²) in [6.45, 7) is 11.7. The average Bonchev–Trinajstić information content (AvgIpc) is 2.69. The van der Waals surface area contributed by atoms with Crippen LogP contribution in [0.4, 0.5) is 0 Å². The SMILES string of the molecule is CC(C)(C)OOC(C)(C)C.COC(OC)(C(=O)c1ccccc1)c1ccccc1. The molecule has 5 heteroatoms. The van der Waals surface area contributed by atoms with Crippen LogP contribution in [0.25, 0.3) is 0 Å². The highest BCUT2D eigenvalue weighted by atomic mass is 17.2. The molecule has 2 aromatic rings. The summed E-state index contributed by atoms with van der Waals surface area (Å²) in [5.41, 5.74) is 0.796. The smallest absolute Gasteiger partial charge is 0.260 e. The van der Waals surface area contributed by atoms with Crippen LogP contribution in [0, 0.1) is 0 Å². The zero-order valence-corrected chi connectivity index (χ0v) is 18.8. The summed E-state index contributed by atoms with van der Waals surface area (Å²) in [6.07, 6.45) is 0. The number of benzene rings is 2. The van der Waals surface area contributed by atoms with Gasteiger partial charge < -0.3 is 9.47 Å². The van der Waals surface area contributed by atoms with Gasteiger partial charge in [-0.05, 0) is 41.5 Å². The van der Waals surface area contributed by atoms with Crippen LogP contribution in [0.15, 0.2) is 60.7 Å². The van der Waals surface area contributed by atoms with E-state index in [1.807, 2.05) is 90.1 Å². The molecule has 0 saturated heterocycles. The number of ether oxygens (including phenoxy) is 2. The molecule has 2 rings (SSSR count). The normalized spacial score (nSPS) is 12.1. The Kier molecular flexibility index (Phi) is 9.17. The summed E-state index contributed by atoms with van der Waals surface area (Å²) in [5.74, 6) is -1.62. The van der Waals surface area contributed by atoms with Gasteiger partial charge in [-0.3, -0.25) is 4.79 Å². The van der Waals surface area contributed by atoms with Gasteiger partial charge in [-0.2, -0.15) is 0 Å². The largest absolute Gasteiger partial charge is 0.343 e. The van der Waals surface area contributed by atoms with E-state index in [1.165, 1.54) is 14.2 Å². The maximum absolute atomic E-state index is 12.7. The number of carbonyl (C=O) groups is 1. The molecule has 0 aliphatic carbocycles. The van der Waals surface area contributed by atoms with Gasteiger partial charge in [-0.25, -0.2) is 9.78 Å². The minimum absolute atomic E-state index is 0.215. The molecule has 0 heterocycles. The van der Waals surface area contributed by atoms with Crippen molar-refractivity contribution < 1.29 is 24.0 Å². The van der Waals surface area contributed by atoms with Crippen molar-refractivity contribution in [3.63, 3.8) is 0 Å². The third-order valence-corrected chi connectivity index (χ3v) is 3.61. The lowest BCUT2D eigenvalue weighted by Crippen LogP contribution is -2.39. The van der Waals surface area contributed by atoms with Crippen molar-refractivity contribution in [2.75, 3.05) is 14.2 Å². The predicted octanol–water partition coefficient (Wildman–Crippen LogP) is 5.55. The highest BCUT2D eigenvalue weighted by Gasteiger charge is 2.41. The Hall–Kier alpha value is -2.05. The average molecular weight is 403 g/mol. The van der Waals surface area contributed by atoms with Crippen LogP contribution in [0.1, 0.15) is 57.5 Å². The molecular weight excluding hydrogens is 368 g/mol. The number of carbonyl (C=O) groups excluding carboxylic acids is 1. The lowest BCUT2D eigenvalue weighted by molar-refractivity contribution is -0.393. The van der Waals surface area contributed by atoms with E-state index in [9.17, 15) is 4.79 Å². The maximum atomic E-state index is 12.7. The van der Waals surface area contributed by atoms with E-state index >= 15 is 0 Å². The molecule has 29 heavy (non-hydrogen) atoms. The van der Waals surface area contributed by atoms with Crippen molar-refractivity contribution in [1.82, 2.24) is 0 Å². The Labute approximate surface area is 174 Å². The van der Waals surface area contributed by atoms with E-state index in [2.05, 4.69) is 0 Å². The molecular formula is C24H34O5. The molecule has 5 nitrogen and oxygen atoms in total. The first-order valence-electron chi connectivity index (χ1n) is 9.58. The molecule has 2 aromatic carbocycles. The van der Waals surface area contributed by atoms with Crippen molar-refractivity contribution >= 4 is 5.78 Å². The van der Waals surface area contributed by atoms with Gasteiger partial charge >= 0.3 is 0 Å². The first kappa shape index (κ1) is 25.0. The molecule has 0 bridgehead atoms. The number of hydrogen-bond acceptors (Lipinski definition) is 5. The lowest BCUT2D eigenvalue weighted by atomic mass is 9.96. The molecule has 0 aromatic heterocycles. The van der Waals surface area contributed by atoms with Crippen LogP contribution in [0.5, 0.6) is 0 Å². The molecule has 0 radical (unpaired) electrons. The van der Waals surface area contributed by atoms with E-state index in [4.69, 9.17) is 19.2 Å². The summed E-state index contributed by atoms with van der Waals surface area (Å²) in [5, 5.41) is 0. The third-order valence-electron chi connectivity index (χ3n) is 3.61. The summed E-state index contributed by atoms with van der Waals surface area (Å²) in [6, 6.07) is 18.2. The van der Waals surface area contributed by atoms with Crippen molar-refractivity contribution in [3.05, 3.63) is 71.8 Å². The second-order valence-corrected chi connectivity index (χ2v) is 8.48. The van der Waals surface area contributed by atoms with Crippen molar-refractivity contribution in [2.24, 2.45) is 0 Å². The van der Waals surface area contributed by atoms with E-state index in [0.29, 0.717) is 11.1 Å². The highest BCUT2D eigenvalue weighted by Crippen LogP contribution is 2.30. The summed E-state index contributed by atoms with van der Waals surface area (Å²) >= 11 is 0. The molecule has 0 amide bonds. The minimum atomic E-state index is -1.40. The van der Waals surface area contributed by atoms with Gasteiger partial charge in [0.15, 0.2) is 0 Å². The minimum Gasteiger partial charge on any atom is -0.343 e. The molecule has 0 unspecified atom stereocenters. The van der Waals surface area contributed by atoms with E-state index in [-0.39, 0.29) is 17.0 Å². The van der Waals surface area contributed by atoms with Crippen molar-refractivity contribution in [1.29, 1.82) is 0 Å². The number of methoxy groups -OCH3 is 2. The van der Waals surface area contributed by atoms with Crippen LogP contribution < -0.4 is 0 Å². The monoisotopic (exact) mass is 402 g/mol. The van der Waals surface area contributed by atoms with E-state index in [0.717, 1.165) is 0 Å². The first-order chi connectivity index (χ1) is 13.4. The maximum Gasteiger partial charge on any atom is 0.260 e. The van der Waals surface area contributed by atoms with Gasteiger partial charge in [-0.15, -0.1) is 0 Å². The zero-order chi connectivity index (χ0) is 22.1. The molecule has 0 N–H and O–H groups in total. The molecule has 0 spiro atoms. The van der Waals surface area contributed by atoms with Gasteiger partial charge in [-0.1, -0.05) is 60.7 Å². The number of ketones is 1. The van der Waals surface area contributed by atoms with Crippen molar-refractivity contribution in [3.8, 4) is 0 Å². The fourth-order valence-corrected chi connectivity index (χ4v) is 2.32. The van der Waals surface area contributed by atoms with Crippen LogP contribution in [0.3, 0.4) is 0 Å². The molecule has 0 aliphatic rings. The Balaban J connectivity index is 0.000000359. The summed E-state index contributed by atoms with van der Waals surface area (Å²) < 4.78 is 10.8. The number of rotatable bonds is 6. The van der Waals surface area contributed by atoms with Crippen LogP contribution >= 0.6 is 0 Å². The van der Waals surface area contributed by atoms with E-state index < -0.39 is 5.79 Å². The fraction of sp³-hybridized carbons (Fsp3) is 0.458. The van der Waals surface area contributed by atoms with Gasteiger partial charge in [0.25, 0.3) is 5.79 Å². The van der Waals surface area contributed by atoms with Crippen molar-refractivity contribution in [2.45, 2.75) is 58.5 Å². The Morgan fingerprint density at radius 3 is 1.38 bits per heavy atom. The predicted molar refractivity (Wildman–Crippen MR) is 115 cm³/mol. The lowest BCUT2D eigenvalue weighted by Gasteiger charge is -2.29. The van der Waals surface area contributed by atoms with Gasteiger partial charge in [0.1, 0.15) is 0 Å². The molecule has 0 fully saturated rings. The Bertz CT molecular complexity index is 709. The number of hydrogen-bond donors (Lipinski definition) is 0. The molecule has 0 atom stereocenters. The second-order valence-electron chi connectivity index (χ2n) is 8.48. The third kappa shape index (κ3) is 8.07. The van der Waals surface area contributed by atoms with Gasteiger partial charge in [0, 0.05) is 25.3 Å². The first-order valence-corrected chi connectivity index (χ1v) is 9.58. The molecule has 0 saturated carbocycles. The van der Waals surface area contributed by atoms with Crippen LogP contribution in [-0.4, -0.2) is 31.2 Å². The second kappa shape index (κ2) is 10.6. The zero-order valence-electron chi connectivity index (χ0n) is 18.8. The van der Waals surface area contributed by atoms with Gasteiger partial charge in [0.2, 0.25) is 5.78 Å². The van der Waals surface area contributed by atoms with Gasteiger partial charge in [0.05, 0.1) is 11.2 Å². The highest BCUT2D eigenvalue weighted by molar-refractivity contribution is 6.02. The van der Waals surface area contributed by atoms with Crippen LogP contribution in [-0.2, 0) is 25.0 Å². The summed E-state index contributed by atoms with van der Waals surface area (Å²) in [4.78, 5) is 22.9. The summed E-state index contributed by atoms with van der Waals surface area (Å²) in [7, 11) is 2.94. The van der Waals surface area contributed by atoms with Crippen LogP contribution in [0.2, 0.25) is 0 Å². The van der Waals surface area contributed by atoms with E-state index in [1.54, 1.807) is 12.1 Å². The standard InChI is InChI=1S/C16H16O3.C8H18O2/c1-18-16(19-2,14-11-7-4-8-12-14)15(17)13-9-5-3-6-10-13;1-7(2,3)9-10-8(4,5)6/h3-12H,1-2H3;1-6H3. The quantitative estimate of drug-likeness (QED) is 0.275. The molecule has 0 aliphatic heterocycles. The fourth-order valence-electron chi connectivity index (χ4n) is 2.32. The number of Topliss-reactive ketones (excluding diaryl/α,β-unsaturated/α-hetero) is 1. The Morgan fingerprint density at radius 1 is 0.655 bits per heavy atom. The molecule has 160 valence electrons. The Morgan fingerprint density at radius 2 is 1.03 bits per heavy atom.